The third-order valence-corrected chi connectivity index (χ3v) is 4.91. The van der Waals surface area contributed by atoms with Crippen LogP contribution in [0.3, 0.4) is 0 Å². The number of hydrogen-bond acceptors (Lipinski definition) is 4. The summed E-state index contributed by atoms with van der Waals surface area (Å²) in [5, 5.41) is 12.9. The van der Waals surface area contributed by atoms with Gasteiger partial charge in [-0.3, -0.25) is 4.79 Å². The average molecular weight is 407 g/mol. The molecule has 1 amide bonds. The van der Waals surface area contributed by atoms with Crippen LogP contribution in [0.2, 0.25) is 5.02 Å². The predicted molar refractivity (Wildman–Crippen MR) is 114 cm³/mol. The first-order valence-corrected chi connectivity index (χ1v) is 9.46. The number of aromatic nitrogens is 4. The van der Waals surface area contributed by atoms with Gasteiger partial charge in [0, 0.05) is 27.7 Å². The number of carbonyl (C=O) groups is 1. The van der Waals surface area contributed by atoms with Crippen molar-refractivity contribution in [1.29, 1.82) is 0 Å². The molecule has 4 aromatic rings. The molecule has 7 nitrogen and oxygen atoms in total. The van der Waals surface area contributed by atoms with Crippen molar-refractivity contribution >= 4 is 34.8 Å². The predicted octanol–water partition coefficient (Wildman–Crippen LogP) is 3.64. The Labute approximate surface area is 172 Å². The molecule has 146 valence electrons. The second-order valence-corrected chi connectivity index (χ2v) is 7.10. The maximum absolute atomic E-state index is 12.2. The zero-order valence-electron chi connectivity index (χ0n) is 16.0. The van der Waals surface area contributed by atoms with E-state index >= 15 is 0 Å². The molecule has 0 atom stereocenters. The van der Waals surface area contributed by atoms with Gasteiger partial charge in [-0.1, -0.05) is 28.9 Å². The maximum atomic E-state index is 12.2. The number of fused-ring (bicyclic) bond motifs is 1. The molecule has 2 aromatic carbocycles. The Morgan fingerprint density at radius 3 is 2.72 bits per heavy atom. The van der Waals surface area contributed by atoms with E-state index in [9.17, 15) is 4.79 Å². The number of benzene rings is 2. The fourth-order valence-electron chi connectivity index (χ4n) is 3.29. The van der Waals surface area contributed by atoms with Gasteiger partial charge in [0.25, 0.3) is 5.91 Å². The van der Waals surface area contributed by atoms with Crippen LogP contribution >= 0.6 is 11.6 Å². The summed E-state index contributed by atoms with van der Waals surface area (Å²) in [4.78, 5) is 12.2. The molecule has 4 rings (SSSR count). The van der Waals surface area contributed by atoms with Crippen LogP contribution in [0.1, 0.15) is 17.0 Å². The summed E-state index contributed by atoms with van der Waals surface area (Å²) in [6.45, 7) is 4.07. The molecule has 2 heterocycles. The molecular formula is C21H19ClN6O. The molecule has 1 N–H and O–H groups in total. The van der Waals surface area contributed by atoms with Crippen LogP contribution in [0, 0.1) is 13.8 Å². The zero-order chi connectivity index (χ0) is 20.4. The van der Waals surface area contributed by atoms with E-state index in [1.165, 1.54) is 0 Å². The molecule has 0 radical (unpaired) electrons. The fourth-order valence-corrected chi connectivity index (χ4v) is 3.41. The van der Waals surface area contributed by atoms with Crippen molar-refractivity contribution in [3.63, 3.8) is 0 Å². The molecule has 0 saturated carbocycles. The average Bonchev–Trinajstić information content (AvgIpc) is 3.23. The van der Waals surface area contributed by atoms with Crippen LogP contribution < -0.4 is 5.43 Å². The lowest BCUT2D eigenvalue weighted by Gasteiger charge is -2.09. The Bertz CT molecular complexity index is 1210. The third kappa shape index (κ3) is 3.90. The minimum absolute atomic E-state index is 0.0433. The van der Waals surface area contributed by atoms with Gasteiger partial charge in [-0.2, -0.15) is 5.10 Å². The molecule has 0 aliphatic carbocycles. The van der Waals surface area contributed by atoms with Crippen LogP contribution in [0.4, 0.5) is 0 Å². The summed E-state index contributed by atoms with van der Waals surface area (Å²) in [6, 6.07) is 17.2. The number of nitrogens with one attached hydrogen (secondary N) is 1. The molecule has 0 bridgehead atoms. The SMILES string of the molecule is Cc1cc(/C=N\NC(=O)Cn2nnc3ccccc32)c(C)n1-c1ccc(Cl)cc1. The number of hydrazone groups is 1. The number of para-hydroxylation sites is 1. The molecule has 0 aliphatic rings. The highest BCUT2D eigenvalue weighted by molar-refractivity contribution is 6.30. The van der Waals surface area contributed by atoms with Gasteiger partial charge in [-0.15, -0.1) is 5.10 Å². The molecule has 0 fully saturated rings. The van der Waals surface area contributed by atoms with Gasteiger partial charge >= 0.3 is 0 Å². The van der Waals surface area contributed by atoms with Crippen LogP contribution in [0.25, 0.3) is 16.7 Å². The first kappa shape index (κ1) is 18.9. The molecule has 0 saturated heterocycles. The normalized spacial score (nSPS) is 11.4. The minimum atomic E-state index is -0.275. The summed E-state index contributed by atoms with van der Waals surface area (Å²) >= 11 is 5.98. The van der Waals surface area contributed by atoms with E-state index < -0.39 is 0 Å². The van der Waals surface area contributed by atoms with Gasteiger partial charge in [0.15, 0.2) is 0 Å². The quantitative estimate of drug-likeness (QED) is 0.406. The molecule has 0 aliphatic heterocycles. The van der Waals surface area contributed by atoms with Crippen molar-refractivity contribution in [3.8, 4) is 5.69 Å². The Kier molecular flexibility index (Phi) is 5.14. The lowest BCUT2D eigenvalue weighted by Crippen LogP contribution is -2.23. The zero-order valence-corrected chi connectivity index (χ0v) is 16.8. The van der Waals surface area contributed by atoms with Crippen molar-refractivity contribution in [3.05, 3.63) is 76.6 Å². The van der Waals surface area contributed by atoms with Crippen molar-refractivity contribution in [2.75, 3.05) is 0 Å². The third-order valence-electron chi connectivity index (χ3n) is 4.66. The molecule has 0 unspecified atom stereocenters. The van der Waals surface area contributed by atoms with E-state index in [0.717, 1.165) is 33.7 Å². The first-order chi connectivity index (χ1) is 14.0. The standard InChI is InChI=1S/C21H19ClN6O/c1-14-11-16(15(2)28(14)18-9-7-17(22)8-10-18)12-23-25-21(29)13-27-20-6-4-3-5-19(20)24-26-27/h3-12H,13H2,1-2H3,(H,25,29)/b23-12-. The second-order valence-electron chi connectivity index (χ2n) is 6.67. The summed E-state index contributed by atoms with van der Waals surface area (Å²) in [6.07, 6.45) is 1.64. The van der Waals surface area contributed by atoms with Gasteiger partial charge in [0.05, 0.1) is 11.7 Å². The molecule has 2 aromatic heterocycles. The lowest BCUT2D eigenvalue weighted by molar-refractivity contribution is -0.121. The Balaban J connectivity index is 1.46. The van der Waals surface area contributed by atoms with Gasteiger partial charge < -0.3 is 4.57 Å². The number of rotatable bonds is 5. The van der Waals surface area contributed by atoms with Crippen molar-refractivity contribution in [2.24, 2.45) is 5.10 Å². The summed E-state index contributed by atoms with van der Waals surface area (Å²) in [5.74, 6) is -0.275. The van der Waals surface area contributed by atoms with Gasteiger partial charge in [0.1, 0.15) is 12.1 Å². The van der Waals surface area contributed by atoms with E-state index in [1.54, 1.807) is 10.9 Å². The van der Waals surface area contributed by atoms with Crippen molar-refractivity contribution < 1.29 is 4.79 Å². The summed E-state index contributed by atoms with van der Waals surface area (Å²) in [5.41, 5.74) is 8.13. The molecule has 8 heteroatoms. The van der Waals surface area contributed by atoms with Gasteiger partial charge in [-0.25, -0.2) is 10.1 Å². The summed E-state index contributed by atoms with van der Waals surface area (Å²) in [7, 11) is 0. The van der Waals surface area contributed by atoms with E-state index in [1.807, 2.05) is 68.4 Å². The highest BCUT2D eigenvalue weighted by Gasteiger charge is 2.10. The van der Waals surface area contributed by atoms with Crippen molar-refractivity contribution in [2.45, 2.75) is 20.4 Å². The Morgan fingerprint density at radius 2 is 1.93 bits per heavy atom. The van der Waals surface area contributed by atoms with Gasteiger partial charge in [-0.05, 0) is 56.3 Å². The summed E-state index contributed by atoms with van der Waals surface area (Å²) < 4.78 is 3.66. The van der Waals surface area contributed by atoms with E-state index in [4.69, 9.17) is 11.6 Å². The Morgan fingerprint density at radius 1 is 1.17 bits per heavy atom. The highest BCUT2D eigenvalue weighted by atomic mass is 35.5. The number of halogens is 1. The van der Waals surface area contributed by atoms with E-state index in [-0.39, 0.29) is 12.5 Å². The number of amides is 1. The maximum Gasteiger partial charge on any atom is 0.261 e. The van der Waals surface area contributed by atoms with Crippen LogP contribution in [-0.2, 0) is 11.3 Å². The van der Waals surface area contributed by atoms with Crippen LogP contribution in [0.15, 0.2) is 59.7 Å². The number of aryl methyl sites for hydroxylation is 1. The second kappa shape index (κ2) is 7.89. The van der Waals surface area contributed by atoms with Crippen LogP contribution in [-0.4, -0.2) is 31.7 Å². The number of carbonyl (C=O) groups excluding carboxylic acids is 1. The Hall–Kier alpha value is -3.45. The lowest BCUT2D eigenvalue weighted by atomic mass is 10.2. The minimum Gasteiger partial charge on any atom is -0.318 e. The molecular weight excluding hydrogens is 388 g/mol. The topological polar surface area (TPSA) is 77.1 Å². The monoisotopic (exact) mass is 406 g/mol. The van der Waals surface area contributed by atoms with Gasteiger partial charge in [0.2, 0.25) is 0 Å². The number of hydrogen-bond donors (Lipinski definition) is 1. The van der Waals surface area contributed by atoms with Crippen LogP contribution in [0.5, 0.6) is 0 Å². The molecule has 0 spiro atoms. The van der Waals surface area contributed by atoms with E-state index in [0.29, 0.717) is 5.02 Å². The highest BCUT2D eigenvalue weighted by Crippen LogP contribution is 2.21. The fraction of sp³-hybridized carbons (Fsp3) is 0.143. The largest absolute Gasteiger partial charge is 0.318 e. The molecule has 29 heavy (non-hydrogen) atoms. The number of nitrogens with zero attached hydrogens (tertiary/aromatic N) is 5. The van der Waals surface area contributed by atoms with E-state index in [2.05, 4.69) is 25.4 Å². The first-order valence-electron chi connectivity index (χ1n) is 9.08. The smallest absolute Gasteiger partial charge is 0.261 e. The van der Waals surface area contributed by atoms with Crippen molar-refractivity contribution in [1.82, 2.24) is 25.0 Å².